The lowest BCUT2D eigenvalue weighted by Gasteiger charge is -2.39. The number of nitrogens with zero attached hydrogens (tertiary/aromatic N) is 3. The summed E-state index contributed by atoms with van der Waals surface area (Å²) in [6.45, 7) is 4.34. The van der Waals surface area contributed by atoms with E-state index in [0.29, 0.717) is 23.4 Å². The Morgan fingerprint density at radius 3 is 2.53 bits per heavy atom. The molecule has 4 amide bonds. The quantitative estimate of drug-likeness (QED) is 0.297. The van der Waals surface area contributed by atoms with Gasteiger partial charge in [0.2, 0.25) is 17.7 Å². The summed E-state index contributed by atoms with van der Waals surface area (Å²) in [5.41, 5.74) is 5.92. The number of carbonyl (C=O) groups is 5. The minimum absolute atomic E-state index is 0.0783. The van der Waals surface area contributed by atoms with Crippen molar-refractivity contribution in [3.8, 4) is 0 Å². The van der Waals surface area contributed by atoms with Crippen LogP contribution in [0.25, 0.3) is 0 Å². The van der Waals surface area contributed by atoms with Crippen LogP contribution in [0.15, 0.2) is 0 Å². The Balaban J connectivity index is 2.15. The first kappa shape index (κ1) is 27.1. The largest absolute Gasteiger partial charge is 0.480 e. The summed E-state index contributed by atoms with van der Waals surface area (Å²) in [6.07, 6.45) is 0.763. The molecule has 1 aromatic heterocycles. The summed E-state index contributed by atoms with van der Waals surface area (Å²) in [4.78, 5) is 62.5. The predicted octanol–water partition coefficient (Wildman–Crippen LogP) is -0.947. The van der Waals surface area contributed by atoms with Crippen molar-refractivity contribution in [1.82, 2.24) is 25.1 Å². The van der Waals surface area contributed by atoms with Crippen LogP contribution in [0.4, 0.5) is 0 Å². The third kappa shape index (κ3) is 7.73. The molecule has 2 heterocycles. The van der Waals surface area contributed by atoms with Crippen LogP contribution in [0, 0.1) is 12.8 Å². The number of aromatic nitrogens is 2. The van der Waals surface area contributed by atoms with E-state index in [2.05, 4.69) is 20.2 Å². The van der Waals surface area contributed by atoms with Crippen molar-refractivity contribution in [2.75, 3.05) is 19.8 Å². The molecule has 1 fully saturated rings. The lowest BCUT2D eigenvalue weighted by atomic mass is 9.95. The lowest BCUT2D eigenvalue weighted by Crippen LogP contribution is -2.60. The van der Waals surface area contributed by atoms with Crippen molar-refractivity contribution in [3.63, 3.8) is 0 Å². The van der Waals surface area contributed by atoms with Crippen molar-refractivity contribution in [2.45, 2.75) is 58.2 Å². The number of amides is 4. The Morgan fingerprint density at radius 1 is 1.26 bits per heavy atom. The Labute approximate surface area is 200 Å². The van der Waals surface area contributed by atoms with E-state index in [1.165, 1.54) is 4.90 Å². The predicted molar refractivity (Wildman–Crippen MR) is 120 cm³/mol. The second-order valence-electron chi connectivity index (χ2n) is 8.46. The molecule has 34 heavy (non-hydrogen) atoms. The third-order valence-electron chi connectivity index (χ3n) is 5.24. The molecule has 1 aromatic rings. The minimum atomic E-state index is -1.23. The van der Waals surface area contributed by atoms with E-state index in [9.17, 15) is 24.0 Å². The van der Waals surface area contributed by atoms with Crippen LogP contribution >= 0.6 is 11.5 Å². The van der Waals surface area contributed by atoms with Gasteiger partial charge >= 0.3 is 5.97 Å². The van der Waals surface area contributed by atoms with Gasteiger partial charge in [0.1, 0.15) is 30.2 Å². The van der Waals surface area contributed by atoms with Crippen LogP contribution < -0.4 is 16.4 Å². The molecule has 5 N–H and O–H groups in total. The number of carbonyl (C=O) groups excluding carboxylic acids is 4. The fourth-order valence-corrected chi connectivity index (χ4v) is 4.19. The van der Waals surface area contributed by atoms with Crippen molar-refractivity contribution < 1.29 is 33.8 Å². The fourth-order valence-electron chi connectivity index (χ4n) is 3.63. The molecule has 0 spiro atoms. The van der Waals surface area contributed by atoms with Crippen molar-refractivity contribution in [1.29, 1.82) is 0 Å². The summed E-state index contributed by atoms with van der Waals surface area (Å²) >= 11 is 0.955. The number of primary amides is 1. The number of carboxylic acids is 1. The van der Waals surface area contributed by atoms with Gasteiger partial charge in [-0.15, -0.1) is 5.10 Å². The van der Waals surface area contributed by atoms with Crippen molar-refractivity contribution in [2.24, 2.45) is 11.7 Å². The van der Waals surface area contributed by atoms with Crippen molar-refractivity contribution in [3.05, 3.63) is 10.6 Å². The number of nitrogens with two attached hydrogens (primary N) is 1. The van der Waals surface area contributed by atoms with E-state index >= 15 is 0 Å². The van der Waals surface area contributed by atoms with Gasteiger partial charge in [-0.2, -0.15) is 0 Å². The summed E-state index contributed by atoms with van der Waals surface area (Å²) in [6, 6.07) is -2.38. The summed E-state index contributed by atoms with van der Waals surface area (Å²) in [7, 11) is 0. The average Bonchev–Trinajstić information content (AvgIpc) is 3.18. The number of ether oxygens (including phenoxy) is 1. The summed E-state index contributed by atoms with van der Waals surface area (Å²) in [5, 5.41) is 18.0. The van der Waals surface area contributed by atoms with Crippen LogP contribution in [0.1, 0.15) is 48.5 Å². The summed E-state index contributed by atoms with van der Waals surface area (Å²) in [5.74, 6) is -3.39. The zero-order valence-electron chi connectivity index (χ0n) is 19.3. The van der Waals surface area contributed by atoms with Crippen LogP contribution in [0.3, 0.4) is 0 Å². The summed E-state index contributed by atoms with van der Waals surface area (Å²) < 4.78 is 8.63. The molecule has 13 nitrogen and oxygen atoms in total. The van der Waals surface area contributed by atoms with E-state index in [4.69, 9.17) is 15.6 Å². The number of aliphatic carboxylic acids is 1. The normalized spacial score (nSPS) is 18.9. The molecule has 1 saturated heterocycles. The maximum Gasteiger partial charge on any atom is 0.329 e. The molecule has 14 heteroatoms. The molecular formula is C20H30N6O7S. The SMILES string of the molecule is Cc1nnsc1C(=O)NC1CCN(C(=O)COCC(=O)O)C(C(=O)NC(CC(C)C)C(N)=O)C1. The first-order chi connectivity index (χ1) is 16.0. The average molecular weight is 499 g/mol. The van der Waals surface area contributed by atoms with Gasteiger partial charge in [-0.05, 0) is 43.6 Å². The molecule has 0 saturated carbocycles. The zero-order chi connectivity index (χ0) is 25.4. The number of likely N-dealkylation sites (tertiary alicyclic amines) is 1. The van der Waals surface area contributed by atoms with Gasteiger partial charge in [0.25, 0.3) is 5.91 Å². The maximum absolute atomic E-state index is 13.1. The van der Waals surface area contributed by atoms with Gasteiger partial charge in [0.05, 0.1) is 5.69 Å². The van der Waals surface area contributed by atoms with Crippen LogP contribution in [0.2, 0.25) is 0 Å². The fraction of sp³-hybridized carbons (Fsp3) is 0.650. The molecular weight excluding hydrogens is 468 g/mol. The maximum atomic E-state index is 13.1. The topological polar surface area (TPSA) is 194 Å². The standard InChI is InChI=1S/C20H30N6O7S/c1-10(2)6-13(18(21)30)23-19(31)14-7-12(22-20(32)17-11(3)24-25-34-17)4-5-26(14)15(27)8-33-9-16(28)29/h10,12-14H,4-9H2,1-3H3,(H2,21,30)(H,22,32)(H,23,31)(H,28,29). The number of carboxylic acid groups (broad SMARTS) is 1. The van der Waals surface area contributed by atoms with E-state index in [-0.39, 0.29) is 24.8 Å². The smallest absolute Gasteiger partial charge is 0.329 e. The number of aryl methyl sites for hydroxylation is 1. The minimum Gasteiger partial charge on any atom is -0.480 e. The number of nitrogens with one attached hydrogen (secondary N) is 2. The highest BCUT2D eigenvalue weighted by atomic mass is 32.1. The van der Waals surface area contributed by atoms with Gasteiger partial charge in [0.15, 0.2) is 0 Å². The van der Waals surface area contributed by atoms with Crippen LogP contribution in [0.5, 0.6) is 0 Å². The van der Waals surface area contributed by atoms with E-state index < -0.39 is 55.0 Å². The molecule has 1 aliphatic rings. The van der Waals surface area contributed by atoms with Crippen molar-refractivity contribution >= 4 is 41.1 Å². The molecule has 0 aromatic carbocycles. The Morgan fingerprint density at radius 2 is 1.97 bits per heavy atom. The van der Waals surface area contributed by atoms with Gasteiger partial charge in [-0.1, -0.05) is 18.3 Å². The number of rotatable bonds is 11. The van der Waals surface area contributed by atoms with Gasteiger partial charge < -0.3 is 31.1 Å². The molecule has 0 aliphatic carbocycles. The van der Waals surface area contributed by atoms with E-state index in [0.717, 1.165) is 11.5 Å². The molecule has 2 rings (SSSR count). The molecule has 0 radical (unpaired) electrons. The Bertz CT molecular complexity index is 921. The highest BCUT2D eigenvalue weighted by Gasteiger charge is 2.38. The molecule has 1 aliphatic heterocycles. The third-order valence-corrected chi connectivity index (χ3v) is 6.06. The second kappa shape index (κ2) is 12.4. The highest BCUT2D eigenvalue weighted by molar-refractivity contribution is 7.08. The first-order valence-electron chi connectivity index (χ1n) is 10.8. The first-order valence-corrected chi connectivity index (χ1v) is 11.5. The number of hydrogen-bond donors (Lipinski definition) is 4. The lowest BCUT2D eigenvalue weighted by molar-refractivity contribution is -0.150. The Kier molecular flexibility index (Phi) is 9.86. The molecule has 3 atom stereocenters. The highest BCUT2D eigenvalue weighted by Crippen LogP contribution is 2.20. The second-order valence-corrected chi connectivity index (χ2v) is 9.22. The van der Waals surface area contributed by atoms with Crippen LogP contribution in [-0.4, -0.2) is 87.1 Å². The van der Waals surface area contributed by atoms with Gasteiger partial charge in [-0.25, -0.2) is 4.79 Å². The Hall–Kier alpha value is -3.13. The van der Waals surface area contributed by atoms with Gasteiger partial charge in [-0.3, -0.25) is 19.2 Å². The number of piperidine rings is 1. The molecule has 3 unspecified atom stereocenters. The van der Waals surface area contributed by atoms with Crippen LogP contribution in [-0.2, 0) is 23.9 Å². The van der Waals surface area contributed by atoms with Gasteiger partial charge in [0, 0.05) is 12.6 Å². The number of hydrogen-bond acceptors (Lipinski definition) is 9. The van der Waals surface area contributed by atoms with E-state index in [1.54, 1.807) is 6.92 Å². The molecule has 0 bridgehead atoms. The monoisotopic (exact) mass is 498 g/mol. The zero-order valence-corrected chi connectivity index (χ0v) is 20.1. The van der Waals surface area contributed by atoms with E-state index in [1.807, 2.05) is 13.8 Å². The molecule has 188 valence electrons.